The average molecular weight is 346 g/mol. The van der Waals surface area contributed by atoms with Gasteiger partial charge in [-0.1, -0.05) is 47.6 Å². The molecule has 0 radical (unpaired) electrons. The fourth-order valence-electron chi connectivity index (χ4n) is 2.35. The van der Waals surface area contributed by atoms with Gasteiger partial charge in [-0.25, -0.2) is 8.42 Å². The Kier molecular flexibility index (Phi) is 4.32. The smallest absolute Gasteiger partial charge is 0.326 e. The van der Waals surface area contributed by atoms with Crippen molar-refractivity contribution in [1.82, 2.24) is 9.88 Å². The molecule has 2 N–H and O–H groups in total. The maximum absolute atomic E-state index is 12.4. The molecule has 7 nitrogen and oxygen atoms in total. The molecule has 1 aromatic heterocycles. The van der Waals surface area contributed by atoms with Gasteiger partial charge in [-0.2, -0.15) is 4.72 Å². The third kappa shape index (κ3) is 3.44. The summed E-state index contributed by atoms with van der Waals surface area (Å²) in [5, 5.41) is 13.7. The van der Waals surface area contributed by atoms with E-state index in [9.17, 15) is 18.3 Å². The van der Waals surface area contributed by atoms with Gasteiger partial charge < -0.3 is 9.63 Å². The number of nitrogens with zero attached hydrogens (tertiary/aromatic N) is 1. The Labute approximate surface area is 137 Å². The van der Waals surface area contributed by atoms with Crippen molar-refractivity contribution in [2.24, 2.45) is 0 Å². The topological polar surface area (TPSA) is 110 Å². The molecule has 0 saturated carbocycles. The van der Waals surface area contributed by atoms with Gasteiger partial charge in [0, 0.05) is 5.39 Å². The van der Waals surface area contributed by atoms with Gasteiger partial charge in [-0.3, -0.25) is 4.79 Å². The van der Waals surface area contributed by atoms with E-state index >= 15 is 0 Å². The number of aliphatic carboxylic acids is 1. The number of benzene rings is 2. The van der Waals surface area contributed by atoms with Crippen LogP contribution in [0.3, 0.4) is 0 Å². The average Bonchev–Trinajstić information content (AvgIpc) is 2.96. The fraction of sp³-hybridized carbons (Fsp3) is 0.125. The maximum atomic E-state index is 12.4. The van der Waals surface area contributed by atoms with Crippen LogP contribution in [-0.4, -0.2) is 24.7 Å². The standard InChI is InChI=1S/C16H14N2O5S/c19-16(20)15(11-6-2-1-3-7-11)18-24(21,22)10-13-12-8-4-5-9-14(12)23-17-13/h1-9,15,18H,10H2,(H,19,20)/t15-/m0/s1. The number of hydrogen-bond acceptors (Lipinski definition) is 5. The van der Waals surface area contributed by atoms with Gasteiger partial charge in [-0.05, 0) is 17.7 Å². The normalized spacial score (nSPS) is 13.0. The molecule has 0 saturated heterocycles. The van der Waals surface area contributed by atoms with E-state index in [0.717, 1.165) is 0 Å². The number of hydrogen-bond donors (Lipinski definition) is 2. The van der Waals surface area contributed by atoms with Gasteiger partial charge in [-0.15, -0.1) is 0 Å². The summed E-state index contributed by atoms with van der Waals surface area (Å²) in [5.74, 6) is -1.75. The molecule has 0 unspecified atom stereocenters. The minimum atomic E-state index is -3.94. The van der Waals surface area contributed by atoms with Crippen LogP contribution in [0.4, 0.5) is 0 Å². The van der Waals surface area contributed by atoms with E-state index in [2.05, 4.69) is 9.88 Å². The van der Waals surface area contributed by atoms with Crippen molar-refractivity contribution in [3.05, 3.63) is 65.9 Å². The highest BCUT2D eigenvalue weighted by Crippen LogP contribution is 2.21. The van der Waals surface area contributed by atoms with Crippen molar-refractivity contribution in [3.8, 4) is 0 Å². The van der Waals surface area contributed by atoms with Crippen molar-refractivity contribution in [1.29, 1.82) is 0 Å². The fourth-order valence-corrected chi connectivity index (χ4v) is 3.60. The van der Waals surface area contributed by atoms with Crippen LogP contribution in [0.5, 0.6) is 0 Å². The maximum Gasteiger partial charge on any atom is 0.326 e. The molecule has 0 fully saturated rings. The van der Waals surface area contributed by atoms with Gasteiger partial charge in [0.15, 0.2) is 5.58 Å². The number of carboxylic acid groups (broad SMARTS) is 1. The Hall–Kier alpha value is -2.71. The van der Waals surface area contributed by atoms with Crippen molar-refractivity contribution in [3.63, 3.8) is 0 Å². The molecule has 3 rings (SSSR count). The Morgan fingerprint density at radius 1 is 1.12 bits per heavy atom. The molecule has 0 aliphatic heterocycles. The Morgan fingerprint density at radius 2 is 1.79 bits per heavy atom. The lowest BCUT2D eigenvalue weighted by atomic mass is 10.1. The minimum Gasteiger partial charge on any atom is -0.480 e. The molecule has 2 aromatic carbocycles. The zero-order chi connectivity index (χ0) is 17.2. The van der Waals surface area contributed by atoms with E-state index in [1.807, 2.05) is 0 Å². The van der Waals surface area contributed by atoms with Gasteiger partial charge in [0.05, 0.1) is 0 Å². The van der Waals surface area contributed by atoms with Crippen LogP contribution in [0.15, 0.2) is 59.1 Å². The second-order valence-electron chi connectivity index (χ2n) is 5.18. The highest BCUT2D eigenvalue weighted by molar-refractivity contribution is 7.88. The summed E-state index contributed by atoms with van der Waals surface area (Å²) in [7, 11) is -3.94. The first-order valence-electron chi connectivity index (χ1n) is 7.07. The second-order valence-corrected chi connectivity index (χ2v) is 6.94. The number of nitrogens with one attached hydrogen (secondary N) is 1. The lowest BCUT2D eigenvalue weighted by molar-refractivity contribution is -0.139. The minimum absolute atomic E-state index is 0.232. The largest absolute Gasteiger partial charge is 0.480 e. The van der Waals surface area contributed by atoms with Crippen molar-refractivity contribution in [2.75, 3.05) is 0 Å². The monoisotopic (exact) mass is 346 g/mol. The molecule has 3 aromatic rings. The summed E-state index contributed by atoms with van der Waals surface area (Å²) >= 11 is 0. The Morgan fingerprint density at radius 3 is 2.50 bits per heavy atom. The number of carbonyl (C=O) groups is 1. The molecule has 124 valence electrons. The zero-order valence-electron chi connectivity index (χ0n) is 12.4. The zero-order valence-corrected chi connectivity index (χ0v) is 13.2. The number of fused-ring (bicyclic) bond motifs is 1. The molecule has 1 heterocycles. The summed E-state index contributed by atoms with van der Waals surface area (Å²) in [5.41, 5.74) is 1.05. The number of rotatable bonds is 6. The van der Waals surface area contributed by atoms with E-state index < -0.39 is 27.8 Å². The van der Waals surface area contributed by atoms with E-state index in [4.69, 9.17) is 4.52 Å². The molecule has 24 heavy (non-hydrogen) atoms. The van der Waals surface area contributed by atoms with Gasteiger partial charge >= 0.3 is 5.97 Å². The molecule has 0 amide bonds. The third-order valence-electron chi connectivity index (χ3n) is 3.46. The molecular formula is C16H14N2O5S. The molecular weight excluding hydrogens is 332 g/mol. The Balaban J connectivity index is 1.86. The van der Waals surface area contributed by atoms with Crippen molar-refractivity contribution >= 4 is 27.0 Å². The van der Waals surface area contributed by atoms with E-state index in [1.54, 1.807) is 54.6 Å². The Bertz CT molecular complexity index is 966. The first-order valence-corrected chi connectivity index (χ1v) is 8.72. The number of carboxylic acids is 1. The highest BCUT2D eigenvalue weighted by atomic mass is 32.2. The van der Waals surface area contributed by atoms with Crippen molar-refractivity contribution < 1.29 is 22.8 Å². The van der Waals surface area contributed by atoms with E-state index in [0.29, 0.717) is 16.5 Å². The van der Waals surface area contributed by atoms with Crippen LogP contribution >= 0.6 is 0 Å². The first kappa shape index (κ1) is 16.2. The predicted molar refractivity (Wildman–Crippen MR) is 86.6 cm³/mol. The molecule has 0 bridgehead atoms. The van der Waals surface area contributed by atoms with Crippen LogP contribution in [0.25, 0.3) is 11.0 Å². The molecule has 0 aliphatic rings. The second kappa shape index (κ2) is 6.42. The van der Waals surface area contributed by atoms with Crippen LogP contribution in [-0.2, 0) is 20.6 Å². The van der Waals surface area contributed by atoms with Crippen LogP contribution < -0.4 is 4.72 Å². The molecule has 1 atom stereocenters. The van der Waals surface area contributed by atoms with E-state index in [1.165, 1.54) is 0 Å². The lowest BCUT2D eigenvalue weighted by Gasteiger charge is -2.14. The first-order chi connectivity index (χ1) is 11.5. The molecule has 0 spiro atoms. The van der Waals surface area contributed by atoms with Crippen LogP contribution in [0.1, 0.15) is 17.3 Å². The van der Waals surface area contributed by atoms with Gasteiger partial charge in [0.2, 0.25) is 10.0 Å². The van der Waals surface area contributed by atoms with Crippen molar-refractivity contribution in [2.45, 2.75) is 11.8 Å². The summed E-state index contributed by atoms with van der Waals surface area (Å²) < 4.78 is 32.0. The van der Waals surface area contributed by atoms with E-state index in [-0.39, 0.29) is 5.69 Å². The highest BCUT2D eigenvalue weighted by Gasteiger charge is 2.27. The lowest BCUT2D eigenvalue weighted by Crippen LogP contribution is -2.34. The van der Waals surface area contributed by atoms with Crippen LogP contribution in [0, 0.1) is 0 Å². The summed E-state index contributed by atoms with van der Waals surface area (Å²) in [6.07, 6.45) is 0. The number of aromatic nitrogens is 1. The van der Waals surface area contributed by atoms with Gasteiger partial charge in [0.25, 0.3) is 0 Å². The predicted octanol–water partition coefficient (Wildman–Crippen LogP) is 2.07. The molecule has 8 heteroatoms. The number of sulfonamides is 1. The SMILES string of the molecule is O=C(O)[C@@H](NS(=O)(=O)Cc1noc2ccccc12)c1ccccc1. The summed E-state index contributed by atoms with van der Waals surface area (Å²) in [4.78, 5) is 11.4. The quantitative estimate of drug-likeness (QED) is 0.707. The molecule has 0 aliphatic carbocycles. The third-order valence-corrected chi connectivity index (χ3v) is 4.70. The number of para-hydroxylation sites is 1. The summed E-state index contributed by atoms with van der Waals surface area (Å²) in [6, 6.07) is 13.6. The van der Waals surface area contributed by atoms with Crippen LogP contribution in [0.2, 0.25) is 0 Å². The summed E-state index contributed by atoms with van der Waals surface area (Å²) in [6.45, 7) is 0. The van der Waals surface area contributed by atoms with Gasteiger partial charge in [0.1, 0.15) is 17.5 Å².